The fraction of sp³-hybridized carbons (Fsp3) is 0.244. The first-order valence-corrected chi connectivity index (χ1v) is 26.0. The molecule has 0 amide bonds. The third kappa shape index (κ3) is 9.36. The van der Waals surface area contributed by atoms with Crippen molar-refractivity contribution in [1.29, 1.82) is 0 Å². The number of nitrogens with one attached hydrogen (secondary N) is 2. The lowest BCUT2D eigenvalue weighted by atomic mass is 9.93. The fourth-order valence-corrected chi connectivity index (χ4v) is 12.8. The summed E-state index contributed by atoms with van der Waals surface area (Å²) in [6, 6.07) is 12.3. The zero-order chi connectivity index (χ0) is 48.0. The van der Waals surface area contributed by atoms with Gasteiger partial charge in [0.15, 0.2) is 0 Å². The lowest BCUT2D eigenvalue weighted by Gasteiger charge is -2.24. The third-order valence-corrected chi connectivity index (χ3v) is 16.0. The maximum absolute atomic E-state index is 14.1. The molecular formula is C41H43N3O15S5. The van der Waals surface area contributed by atoms with Gasteiger partial charge in [0.25, 0.3) is 40.5 Å². The van der Waals surface area contributed by atoms with E-state index in [-0.39, 0.29) is 77.6 Å². The monoisotopic (exact) mass is 977 g/mol. The van der Waals surface area contributed by atoms with E-state index in [0.717, 1.165) is 24.3 Å². The number of hydrogen-bond donors (Lipinski definition) is 6. The van der Waals surface area contributed by atoms with Crippen molar-refractivity contribution in [1.82, 2.24) is 4.72 Å². The van der Waals surface area contributed by atoms with Crippen molar-refractivity contribution in [2.75, 3.05) is 5.32 Å². The number of fused-ring (bicyclic) bond motifs is 2. The zero-order valence-corrected chi connectivity index (χ0v) is 39.6. The van der Waals surface area contributed by atoms with Gasteiger partial charge in [-0.2, -0.15) is 33.7 Å². The molecule has 1 aliphatic carbocycles. The molecule has 64 heavy (non-hydrogen) atoms. The van der Waals surface area contributed by atoms with Crippen molar-refractivity contribution >= 4 is 78.5 Å². The van der Waals surface area contributed by atoms with Crippen LogP contribution in [-0.4, -0.2) is 65.8 Å². The van der Waals surface area contributed by atoms with Gasteiger partial charge in [0.1, 0.15) is 30.9 Å². The van der Waals surface area contributed by atoms with Gasteiger partial charge >= 0.3 is 0 Å². The van der Waals surface area contributed by atoms with Crippen molar-refractivity contribution in [3.05, 3.63) is 99.4 Å². The van der Waals surface area contributed by atoms with Gasteiger partial charge in [0, 0.05) is 45.4 Å². The van der Waals surface area contributed by atoms with E-state index in [4.69, 9.17) is 4.42 Å². The van der Waals surface area contributed by atoms with Crippen LogP contribution in [0.4, 0.5) is 17.1 Å². The van der Waals surface area contributed by atoms with Gasteiger partial charge in [-0.25, -0.2) is 18.1 Å². The molecule has 1 aliphatic heterocycles. The molecule has 342 valence electrons. The van der Waals surface area contributed by atoms with E-state index in [1.807, 2.05) is 0 Å². The maximum atomic E-state index is 14.1. The Balaban J connectivity index is 1.85. The summed E-state index contributed by atoms with van der Waals surface area (Å²) in [6.45, 7) is 13.4. The van der Waals surface area contributed by atoms with Crippen molar-refractivity contribution in [2.24, 2.45) is 4.99 Å². The second-order valence-corrected chi connectivity index (χ2v) is 23.4. The fourth-order valence-electron chi connectivity index (χ4n) is 7.93. The molecule has 0 aromatic heterocycles. The van der Waals surface area contributed by atoms with Gasteiger partial charge in [0.05, 0.1) is 21.6 Å². The normalized spacial score (nSPS) is 13.5. The topological polar surface area (TPSA) is 301 Å². The number of hydrogen-bond acceptors (Lipinski definition) is 13. The largest absolute Gasteiger partial charge is 0.456 e. The minimum absolute atomic E-state index is 0.0140. The molecule has 4 aromatic carbocycles. The van der Waals surface area contributed by atoms with Crippen molar-refractivity contribution in [3.63, 3.8) is 0 Å². The number of sulfonamides is 1. The van der Waals surface area contributed by atoms with Crippen LogP contribution in [0.2, 0.25) is 0 Å². The number of benzene rings is 5. The van der Waals surface area contributed by atoms with Gasteiger partial charge in [-0.15, -0.1) is 0 Å². The van der Waals surface area contributed by atoms with E-state index >= 15 is 0 Å². The molecule has 0 bridgehead atoms. The summed E-state index contributed by atoms with van der Waals surface area (Å²) < 4.78 is 181. The average Bonchev–Trinajstić information content (AvgIpc) is 3.10. The van der Waals surface area contributed by atoms with E-state index < -0.39 is 81.0 Å². The zero-order valence-electron chi connectivity index (χ0n) is 35.5. The minimum atomic E-state index is -5.27. The van der Waals surface area contributed by atoms with Crippen LogP contribution >= 0.6 is 0 Å². The lowest BCUT2D eigenvalue weighted by Crippen LogP contribution is -2.40. The maximum Gasteiger partial charge on any atom is 0.296 e. The molecule has 6 N–H and O–H groups in total. The van der Waals surface area contributed by atoms with Crippen LogP contribution < -0.4 is 15.4 Å². The lowest BCUT2D eigenvalue weighted by molar-refractivity contribution is 0.479. The predicted molar refractivity (Wildman–Crippen MR) is 237 cm³/mol. The highest BCUT2D eigenvalue weighted by Crippen LogP contribution is 2.46. The third-order valence-electron chi connectivity index (χ3n) is 10.1. The molecule has 6 rings (SSSR count). The first-order valence-electron chi connectivity index (χ1n) is 18.8. The van der Waals surface area contributed by atoms with E-state index in [9.17, 15) is 60.3 Å². The molecule has 0 spiro atoms. The molecule has 0 fully saturated rings. The van der Waals surface area contributed by atoms with Gasteiger partial charge < -0.3 is 9.73 Å². The number of nitrogens with zero attached hydrogens (tertiary/aromatic N) is 1. The van der Waals surface area contributed by atoms with Crippen molar-refractivity contribution in [2.45, 2.75) is 92.3 Å². The number of anilines is 2. The quantitative estimate of drug-likeness (QED) is 0.0589. The van der Waals surface area contributed by atoms with E-state index in [2.05, 4.69) is 15.0 Å². The van der Waals surface area contributed by atoms with Crippen LogP contribution in [0.25, 0.3) is 33.4 Å². The summed E-state index contributed by atoms with van der Waals surface area (Å²) in [5, 5.41) is 2.12. The van der Waals surface area contributed by atoms with Crippen LogP contribution in [0.15, 0.2) is 94.6 Å². The van der Waals surface area contributed by atoms with Crippen LogP contribution in [0.3, 0.4) is 0 Å². The Morgan fingerprint density at radius 2 is 1.12 bits per heavy atom. The SMILES string of the molecule is Cc1cc(C)c(S(=O)(=O)O)c(C)c1N=c1cc2oc3cc(Nc4c(C)cc(C)c(S(=O)(=O)O)c4C)c(S(=O)(=O)O)cc3c(-c3ccccc3S(=O)(=O)NC(C)(C)C)c-2cc1S(=O)(=O)O. The number of aryl methyl sites for hydroxylation is 4. The van der Waals surface area contributed by atoms with Gasteiger partial charge in [0.2, 0.25) is 10.0 Å². The van der Waals surface area contributed by atoms with Crippen LogP contribution in [-0.2, 0) is 50.5 Å². The second-order valence-electron chi connectivity index (χ2n) is 16.3. The highest BCUT2D eigenvalue weighted by molar-refractivity contribution is 7.89. The van der Waals surface area contributed by atoms with Crippen molar-refractivity contribution < 1.29 is 64.7 Å². The molecule has 0 saturated heterocycles. The molecule has 0 radical (unpaired) electrons. The van der Waals surface area contributed by atoms with E-state index in [1.54, 1.807) is 27.7 Å². The second kappa shape index (κ2) is 16.1. The minimum Gasteiger partial charge on any atom is -0.456 e. The summed E-state index contributed by atoms with van der Waals surface area (Å²) >= 11 is 0. The number of rotatable bonds is 10. The highest BCUT2D eigenvalue weighted by Gasteiger charge is 2.32. The van der Waals surface area contributed by atoms with Gasteiger partial charge in [-0.1, -0.05) is 30.3 Å². The van der Waals surface area contributed by atoms with Crippen LogP contribution in [0, 0.1) is 41.5 Å². The van der Waals surface area contributed by atoms with Crippen LogP contribution in [0.5, 0.6) is 0 Å². The molecule has 0 saturated carbocycles. The first-order chi connectivity index (χ1) is 29.1. The summed E-state index contributed by atoms with van der Waals surface area (Å²) in [5.41, 5.74) is -1.32. The Hall–Kier alpha value is -5.08. The molecule has 18 nitrogen and oxygen atoms in total. The summed E-state index contributed by atoms with van der Waals surface area (Å²) in [7, 11) is -24.6. The summed E-state index contributed by atoms with van der Waals surface area (Å²) in [5.74, 6) is -0.246. The Bertz CT molecular complexity index is 3610. The smallest absolute Gasteiger partial charge is 0.296 e. The highest BCUT2D eigenvalue weighted by atomic mass is 32.2. The molecule has 1 heterocycles. The van der Waals surface area contributed by atoms with Crippen LogP contribution in [0.1, 0.15) is 54.2 Å². The Labute approximate surface area is 370 Å². The molecule has 2 aliphatic rings. The molecule has 0 atom stereocenters. The first kappa shape index (κ1) is 48.4. The molecule has 4 aromatic rings. The van der Waals surface area contributed by atoms with Gasteiger partial charge in [-0.3, -0.25) is 18.2 Å². The van der Waals surface area contributed by atoms with E-state index in [0.29, 0.717) is 11.1 Å². The average molecular weight is 978 g/mol. The van der Waals surface area contributed by atoms with Gasteiger partial charge in [-0.05, 0) is 114 Å². The molecular weight excluding hydrogens is 935 g/mol. The summed E-state index contributed by atoms with van der Waals surface area (Å²) in [6.07, 6.45) is 0. The van der Waals surface area contributed by atoms with Crippen molar-refractivity contribution in [3.8, 4) is 22.5 Å². The Morgan fingerprint density at radius 3 is 1.67 bits per heavy atom. The Kier molecular flexibility index (Phi) is 12.2. The standard InChI is InChI=1S/C41H43N3O15S5/c1-20-14-22(3)39(63(53,54)55)24(5)37(20)42-29-18-31-27(16-34(29)61(47,48)49)36(26-12-10-11-13-33(26)60(45,46)44-41(7,8)9)28-17-35(62(50,51)52)30(19-32(28)59-31)43-38-21(2)15-23(4)40(25(38)6)64(56,57)58/h10-19,42,44H,1-9H3,(H,47,48,49)(H,50,51,52)(H,53,54,55)(H,56,57,58). The van der Waals surface area contributed by atoms with E-state index in [1.165, 1.54) is 71.0 Å². The predicted octanol–water partition coefficient (Wildman–Crippen LogP) is 7.09. The summed E-state index contributed by atoms with van der Waals surface area (Å²) in [4.78, 5) is 1.39. The Morgan fingerprint density at radius 1 is 0.578 bits per heavy atom. The molecule has 23 heteroatoms. The molecule has 0 unspecified atom stereocenters.